The van der Waals surface area contributed by atoms with Crippen molar-refractivity contribution in [1.82, 2.24) is 0 Å². The molecule has 5 atom stereocenters. The Balaban J connectivity index is 5.22. The third kappa shape index (κ3) is 62.8. The van der Waals surface area contributed by atoms with Gasteiger partial charge in [0, 0.05) is 25.7 Å². The number of phosphoric ester groups is 2. The Kier molecular flexibility index (Phi) is 57.6. The van der Waals surface area contributed by atoms with Gasteiger partial charge >= 0.3 is 39.5 Å². The van der Waals surface area contributed by atoms with Gasteiger partial charge in [0.1, 0.15) is 19.3 Å². The van der Waals surface area contributed by atoms with Gasteiger partial charge in [0.05, 0.1) is 26.4 Å². The Morgan fingerprint density at radius 2 is 0.477 bits per heavy atom. The van der Waals surface area contributed by atoms with Crippen molar-refractivity contribution in [1.29, 1.82) is 0 Å². The predicted octanol–water partition coefficient (Wildman–Crippen LogP) is 19.3. The highest BCUT2D eigenvalue weighted by Crippen LogP contribution is 2.45. The van der Waals surface area contributed by atoms with Crippen LogP contribution >= 0.6 is 15.6 Å². The summed E-state index contributed by atoms with van der Waals surface area (Å²) in [7, 11) is -9.90. The van der Waals surface area contributed by atoms with Crippen LogP contribution < -0.4 is 0 Å². The van der Waals surface area contributed by atoms with Crippen molar-refractivity contribution in [2.75, 3.05) is 39.6 Å². The Labute approximate surface area is 537 Å². The molecule has 0 heterocycles. The van der Waals surface area contributed by atoms with E-state index >= 15 is 0 Å². The summed E-state index contributed by atoms with van der Waals surface area (Å²) in [5.74, 6) is 0.782. The van der Waals surface area contributed by atoms with Crippen LogP contribution in [0.5, 0.6) is 0 Å². The van der Waals surface area contributed by atoms with Gasteiger partial charge in [0.2, 0.25) is 0 Å². The van der Waals surface area contributed by atoms with Crippen LogP contribution in [0.4, 0.5) is 0 Å². The summed E-state index contributed by atoms with van der Waals surface area (Å²) in [6.07, 6.45) is 40.6. The monoisotopic (exact) mass is 1300 g/mol. The molecule has 3 unspecified atom stereocenters. The van der Waals surface area contributed by atoms with Gasteiger partial charge < -0.3 is 33.8 Å². The average molecular weight is 1300 g/mol. The van der Waals surface area contributed by atoms with E-state index in [-0.39, 0.29) is 25.7 Å². The maximum atomic E-state index is 13.0. The predicted molar refractivity (Wildman–Crippen MR) is 354 cm³/mol. The number of hydrogen-bond donors (Lipinski definition) is 3. The lowest BCUT2D eigenvalue weighted by Crippen LogP contribution is -2.30. The van der Waals surface area contributed by atoms with E-state index in [1.807, 2.05) is 0 Å². The van der Waals surface area contributed by atoms with E-state index < -0.39 is 97.5 Å². The van der Waals surface area contributed by atoms with Crippen LogP contribution in [0.1, 0.15) is 338 Å². The van der Waals surface area contributed by atoms with Crippen LogP contribution in [0.15, 0.2) is 0 Å². The summed E-state index contributed by atoms with van der Waals surface area (Å²) in [6, 6.07) is 0. The number of carbonyl (C=O) groups is 4. The zero-order valence-electron chi connectivity index (χ0n) is 57.3. The zero-order chi connectivity index (χ0) is 65.4. The van der Waals surface area contributed by atoms with Gasteiger partial charge in [-0.2, -0.15) is 0 Å². The number of carbonyl (C=O) groups excluding carboxylic acids is 4. The molecule has 0 aromatic heterocycles. The second kappa shape index (κ2) is 58.8. The van der Waals surface area contributed by atoms with Gasteiger partial charge in [-0.1, -0.05) is 287 Å². The molecule has 0 amide bonds. The molecule has 0 saturated carbocycles. The third-order valence-corrected chi connectivity index (χ3v) is 17.7. The molecule has 0 spiro atoms. The van der Waals surface area contributed by atoms with Crippen molar-refractivity contribution in [2.45, 2.75) is 356 Å². The summed E-state index contributed by atoms with van der Waals surface area (Å²) >= 11 is 0. The van der Waals surface area contributed by atoms with Gasteiger partial charge in [-0.3, -0.25) is 37.3 Å². The van der Waals surface area contributed by atoms with Crippen LogP contribution in [-0.4, -0.2) is 96.7 Å². The molecule has 0 fully saturated rings. The lowest BCUT2D eigenvalue weighted by molar-refractivity contribution is -0.161. The highest BCUT2D eigenvalue weighted by atomic mass is 31.2. The van der Waals surface area contributed by atoms with E-state index in [4.69, 9.17) is 37.0 Å². The number of phosphoric acid groups is 2. The number of ether oxygens (including phenoxy) is 4. The molecule has 0 aromatic carbocycles. The van der Waals surface area contributed by atoms with Gasteiger partial charge in [0.15, 0.2) is 12.2 Å². The van der Waals surface area contributed by atoms with Crippen LogP contribution in [0.25, 0.3) is 0 Å². The molecule has 88 heavy (non-hydrogen) atoms. The van der Waals surface area contributed by atoms with E-state index in [1.54, 1.807) is 0 Å². The smallest absolute Gasteiger partial charge is 0.462 e. The molecular weight excluding hydrogens is 1160 g/mol. The Morgan fingerprint density at radius 1 is 0.284 bits per heavy atom. The van der Waals surface area contributed by atoms with Crippen molar-refractivity contribution in [2.24, 2.45) is 23.7 Å². The quantitative estimate of drug-likeness (QED) is 0.0222. The SMILES string of the molecule is CC(C)CCCCCCCCCCCCCCCCC(=O)O[C@H](COC(=O)CCCCCCCCC(C)C)COP(=O)(O)OCC(O)COP(=O)(O)OC[C@@H](COC(=O)CCCCCCCCCC(C)C)OC(=O)CCCCCCCCCCCC(C)C. The van der Waals surface area contributed by atoms with E-state index in [1.165, 1.54) is 128 Å². The van der Waals surface area contributed by atoms with E-state index in [0.29, 0.717) is 37.5 Å². The van der Waals surface area contributed by atoms with Crippen LogP contribution in [0.2, 0.25) is 0 Å². The molecule has 0 rings (SSSR count). The number of unbranched alkanes of at least 4 members (excludes halogenated alkanes) is 32. The van der Waals surface area contributed by atoms with Gasteiger partial charge in [-0.05, 0) is 49.4 Å². The number of esters is 4. The molecule has 0 saturated heterocycles. The van der Waals surface area contributed by atoms with Gasteiger partial charge in [0.25, 0.3) is 0 Å². The largest absolute Gasteiger partial charge is 0.472 e. The molecule has 3 N–H and O–H groups in total. The van der Waals surface area contributed by atoms with Crippen molar-refractivity contribution in [3.8, 4) is 0 Å². The number of rotatable bonds is 66. The fraction of sp³-hybridized carbons (Fsp3) is 0.942. The first kappa shape index (κ1) is 86.1. The summed E-state index contributed by atoms with van der Waals surface area (Å²) in [6.45, 7) is 14.0. The summed E-state index contributed by atoms with van der Waals surface area (Å²) < 4.78 is 68.2. The Morgan fingerprint density at radius 3 is 0.705 bits per heavy atom. The fourth-order valence-corrected chi connectivity index (χ4v) is 11.9. The first-order valence-electron chi connectivity index (χ1n) is 35.7. The average Bonchev–Trinajstić information content (AvgIpc) is 3.51. The van der Waals surface area contributed by atoms with Crippen molar-refractivity contribution in [3.05, 3.63) is 0 Å². The topological polar surface area (TPSA) is 237 Å². The molecule has 0 aliphatic heterocycles. The minimum Gasteiger partial charge on any atom is -0.462 e. The van der Waals surface area contributed by atoms with Gasteiger partial charge in [-0.25, -0.2) is 9.13 Å². The van der Waals surface area contributed by atoms with Crippen molar-refractivity contribution >= 4 is 39.5 Å². The third-order valence-electron chi connectivity index (χ3n) is 15.8. The molecule has 522 valence electrons. The minimum absolute atomic E-state index is 0.104. The maximum Gasteiger partial charge on any atom is 0.472 e. The first-order chi connectivity index (χ1) is 42.1. The molecule has 0 aliphatic carbocycles. The van der Waals surface area contributed by atoms with Crippen LogP contribution in [0, 0.1) is 23.7 Å². The lowest BCUT2D eigenvalue weighted by atomic mass is 10.0. The minimum atomic E-state index is -4.95. The highest BCUT2D eigenvalue weighted by molar-refractivity contribution is 7.47. The highest BCUT2D eigenvalue weighted by Gasteiger charge is 2.30. The summed E-state index contributed by atoms with van der Waals surface area (Å²) in [5, 5.41) is 10.6. The number of hydrogen-bond acceptors (Lipinski definition) is 15. The Hall–Kier alpha value is -1.94. The number of aliphatic hydroxyl groups excluding tert-OH is 1. The second-order valence-corrected chi connectivity index (χ2v) is 29.7. The van der Waals surface area contributed by atoms with Gasteiger partial charge in [-0.15, -0.1) is 0 Å². The normalized spacial score (nSPS) is 14.3. The molecule has 19 heteroatoms. The molecule has 0 radical (unpaired) electrons. The van der Waals surface area contributed by atoms with Crippen LogP contribution in [-0.2, 0) is 65.4 Å². The van der Waals surface area contributed by atoms with E-state index in [9.17, 15) is 43.2 Å². The zero-order valence-corrected chi connectivity index (χ0v) is 59.1. The second-order valence-electron chi connectivity index (χ2n) is 26.8. The fourth-order valence-electron chi connectivity index (χ4n) is 10.3. The van der Waals surface area contributed by atoms with E-state index in [0.717, 1.165) is 115 Å². The molecule has 0 aromatic rings. The molecular formula is C69H134O17P2. The van der Waals surface area contributed by atoms with Crippen molar-refractivity contribution < 1.29 is 80.2 Å². The standard InChI is InChI=1S/C69H134O17P2/c1-59(2)45-37-29-21-16-13-11-9-10-12-14-18-24-35-43-51-68(73)86-65(56-80-67(72)50-42-34-28-27-32-40-48-62(7)8)58-84-88(77,78)82-54-63(70)53-81-87(75,76)83-57-64(55-79-66(71)49-41-33-26-20-23-31-39-47-61(5)6)85-69(74)52-44-36-25-19-15-17-22-30-38-46-60(3)4/h59-65,70H,9-58H2,1-8H3,(H,75,76)(H,77,78)/t63?,64-,65-/m1/s1. The summed E-state index contributed by atoms with van der Waals surface area (Å²) in [4.78, 5) is 72.4. The maximum absolute atomic E-state index is 13.0. The van der Waals surface area contributed by atoms with Crippen LogP contribution in [0.3, 0.4) is 0 Å². The molecule has 0 aliphatic rings. The lowest BCUT2D eigenvalue weighted by Gasteiger charge is -2.21. The van der Waals surface area contributed by atoms with E-state index in [2.05, 4.69) is 55.4 Å². The molecule has 17 nitrogen and oxygen atoms in total. The summed E-state index contributed by atoms with van der Waals surface area (Å²) in [5.41, 5.74) is 0. The number of aliphatic hydroxyl groups is 1. The first-order valence-corrected chi connectivity index (χ1v) is 38.7. The van der Waals surface area contributed by atoms with Crippen molar-refractivity contribution in [3.63, 3.8) is 0 Å². The molecule has 0 bridgehead atoms. The Bertz CT molecular complexity index is 1750.